The van der Waals surface area contributed by atoms with Crippen LogP contribution in [-0.2, 0) is 6.42 Å². The molecule has 2 aromatic carbocycles. The summed E-state index contributed by atoms with van der Waals surface area (Å²) in [6, 6.07) is 10.8. The van der Waals surface area contributed by atoms with E-state index < -0.39 is 0 Å². The third-order valence-electron chi connectivity index (χ3n) is 3.65. The van der Waals surface area contributed by atoms with Gasteiger partial charge in [0.15, 0.2) is 0 Å². The van der Waals surface area contributed by atoms with Gasteiger partial charge in [0.05, 0.1) is 6.54 Å². The highest BCUT2D eigenvalue weighted by Crippen LogP contribution is 2.40. The molecule has 0 amide bonds. The van der Waals surface area contributed by atoms with Gasteiger partial charge >= 0.3 is 0 Å². The monoisotopic (exact) mass is 283 g/mol. The summed E-state index contributed by atoms with van der Waals surface area (Å²) < 4.78 is 19.8. The van der Waals surface area contributed by atoms with Crippen LogP contribution in [0.4, 0.5) is 4.39 Å². The maximum atomic E-state index is 13.9. The lowest BCUT2D eigenvalue weighted by Gasteiger charge is -2.12. The SMILES string of the molecule is Cc1ccccc1-c1cc(F)cc2c1OC(CN=[N+]=[N-])C2. The van der Waals surface area contributed by atoms with Crippen molar-refractivity contribution in [3.63, 3.8) is 0 Å². The van der Waals surface area contributed by atoms with Gasteiger partial charge in [0.2, 0.25) is 0 Å². The second-order valence-electron chi connectivity index (χ2n) is 5.11. The Morgan fingerprint density at radius 3 is 2.90 bits per heavy atom. The Kier molecular flexibility index (Phi) is 3.50. The molecule has 1 atom stereocenters. The summed E-state index contributed by atoms with van der Waals surface area (Å²) in [5.41, 5.74) is 12.0. The van der Waals surface area contributed by atoms with Gasteiger partial charge < -0.3 is 4.74 Å². The summed E-state index contributed by atoms with van der Waals surface area (Å²) in [5, 5.41) is 3.54. The van der Waals surface area contributed by atoms with Gasteiger partial charge in [-0.1, -0.05) is 29.4 Å². The Morgan fingerprint density at radius 2 is 2.14 bits per heavy atom. The van der Waals surface area contributed by atoms with E-state index in [1.54, 1.807) is 0 Å². The molecule has 5 heteroatoms. The summed E-state index contributed by atoms with van der Waals surface area (Å²) in [6.45, 7) is 2.24. The summed E-state index contributed by atoms with van der Waals surface area (Å²) in [6.07, 6.45) is 0.339. The fourth-order valence-corrected chi connectivity index (χ4v) is 2.70. The molecule has 0 saturated carbocycles. The predicted molar refractivity (Wildman–Crippen MR) is 78.7 cm³/mol. The lowest BCUT2D eigenvalue weighted by atomic mass is 9.97. The number of fused-ring (bicyclic) bond motifs is 1. The van der Waals surface area contributed by atoms with Crippen LogP contribution in [0.25, 0.3) is 21.6 Å². The van der Waals surface area contributed by atoms with E-state index in [0.717, 1.165) is 22.3 Å². The molecule has 0 spiro atoms. The standard InChI is InChI=1S/C16H14FN3O/c1-10-4-2-3-5-14(10)15-8-12(17)6-11-7-13(9-19-20-18)21-16(11)15/h2-6,8,13H,7,9H2,1H3. The Labute approximate surface area is 121 Å². The Morgan fingerprint density at radius 1 is 1.33 bits per heavy atom. The number of hydrogen-bond donors (Lipinski definition) is 0. The van der Waals surface area contributed by atoms with Crippen molar-refractivity contribution in [1.82, 2.24) is 0 Å². The van der Waals surface area contributed by atoms with Crippen LogP contribution in [-0.4, -0.2) is 12.6 Å². The van der Waals surface area contributed by atoms with Crippen molar-refractivity contribution >= 4 is 0 Å². The first-order valence-corrected chi connectivity index (χ1v) is 6.75. The molecule has 4 nitrogen and oxygen atoms in total. The van der Waals surface area contributed by atoms with Gasteiger partial charge in [0, 0.05) is 22.5 Å². The molecule has 0 saturated heterocycles. The highest BCUT2D eigenvalue weighted by Gasteiger charge is 2.26. The van der Waals surface area contributed by atoms with Crippen LogP contribution in [0.3, 0.4) is 0 Å². The van der Waals surface area contributed by atoms with Gasteiger partial charge in [-0.25, -0.2) is 4.39 Å². The molecule has 0 N–H and O–H groups in total. The van der Waals surface area contributed by atoms with E-state index in [4.69, 9.17) is 10.3 Å². The van der Waals surface area contributed by atoms with E-state index >= 15 is 0 Å². The van der Waals surface area contributed by atoms with Crippen LogP contribution >= 0.6 is 0 Å². The minimum atomic E-state index is -0.278. The van der Waals surface area contributed by atoms with Crippen LogP contribution < -0.4 is 4.74 Å². The molecule has 0 fully saturated rings. The van der Waals surface area contributed by atoms with Gasteiger partial charge in [-0.2, -0.15) is 0 Å². The lowest BCUT2D eigenvalue weighted by Crippen LogP contribution is -2.16. The summed E-state index contributed by atoms with van der Waals surface area (Å²) in [5.74, 6) is 0.420. The minimum Gasteiger partial charge on any atom is -0.489 e. The van der Waals surface area contributed by atoms with E-state index in [-0.39, 0.29) is 18.5 Å². The molecule has 3 rings (SSSR count). The fraction of sp³-hybridized carbons (Fsp3) is 0.250. The van der Waals surface area contributed by atoms with Gasteiger partial charge in [-0.15, -0.1) is 0 Å². The largest absolute Gasteiger partial charge is 0.489 e. The molecule has 1 heterocycles. The van der Waals surface area contributed by atoms with Crippen molar-refractivity contribution in [2.24, 2.45) is 5.11 Å². The number of azide groups is 1. The second kappa shape index (κ2) is 5.46. The highest BCUT2D eigenvalue weighted by molar-refractivity contribution is 5.75. The van der Waals surface area contributed by atoms with Crippen LogP contribution in [0.15, 0.2) is 41.5 Å². The van der Waals surface area contributed by atoms with Crippen molar-refractivity contribution in [2.75, 3.05) is 6.54 Å². The average Bonchev–Trinajstić information content (AvgIpc) is 2.87. The molecule has 1 aliphatic heterocycles. The molecular formula is C16H14FN3O. The third-order valence-corrected chi connectivity index (χ3v) is 3.65. The van der Waals surface area contributed by atoms with Crippen molar-refractivity contribution < 1.29 is 9.13 Å². The summed E-state index contributed by atoms with van der Waals surface area (Å²) in [4.78, 5) is 2.75. The third kappa shape index (κ3) is 2.56. The van der Waals surface area contributed by atoms with Crippen molar-refractivity contribution in [2.45, 2.75) is 19.4 Å². The normalized spacial score (nSPS) is 16.0. The van der Waals surface area contributed by atoms with Crippen molar-refractivity contribution in [3.8, 4) is 16.9 Å². The molecular weight excluding hydrogens is 269 g/mol. The van der Waals surface area contributed by atoms with Crippen molar-refractivity contribution in [1.29, 1.82) is 0 Å². The second-order valence-corrected chi connectivity index (χ2v) is 5.11. The number of rotatable bonds is 3. The zero-order chi connectivity index (χ0) is 14.8. The van der Waals surface area contributed by atoms with Crippen LogP contribution in [0, 0.1) is 12.7 Å². The maximum Gasteiger partial charge on any atom is 0.131 e. The van der Waals surface area contributed by atoms with E-state index in [1.807, 2.05) is 31.2 Å². The molecule has 1 unspecified atom stereocenters. The van der Waals surface area contributed by atoms with Gasteiger partial charge in [0.25, 0.3) is 0 Å². The smallest absolute Gasteiger partial charge is 0.131 e. The van der Waals surface area contributed by atoms with E-state index in [9.17, 15) is 4.39 Å². The van der Waals surface area contributed by atoms with Gasteiger partial charge in [-0.05, 0) is 35.7 Å². The van der Waals surface area contributed by atoms with Crippen LogP contribution in [0.1, 0.15) is 11.1 Å². The Hall–Kier alpha value is -2.52. The molecule has 0 radical (unpaired) electrons. The minimum absolute atomic E-state index is 0.222. The number of nitrogens with zero attached hydrogens (tertiary/aromatic N) is 3. The van der Waals surface area contributed by atoms with E-state index in [1.165, 1.54) is 12.1 Å². The number of halogens is 1. The van der Waals surface area contributed by atoms with Gasteiger partial charge in [-0.3, -0.25) is 0 Å². The molecule has 2 aromatic rings. The first-order valence-electron chi connectivity index (χ1n) is 6.75. The van der Waals surface area contributed by atoms with E-state index in [2.05, 4.69) is 10.0 Å². The Bertz CT molecular complexity index is 738. The quantitative estimate of drug-likeness (QED) is 0.467. The summed E-state index contributed by atoms with van der Waals surface area (Å²) in [7, 11) is 0. The average molecular weight is 283 g/mol. The number of benzene rings is 2. The summed E-state index contributed by atoms with van der Waals surface area (Å²) >= 11 is 0. The lowest BCUT2D eigenvalue weighted by molar-refractivity contribution is 0.242. The zero-order valence-corrected chi connectivity index (χ0v) is 11.6. The number of aryl methyl sites for hydroxylation is 1. The molecule has 21 heavy (non-hydrogen) atoms. The maximum absolute atomic E-state index is 13.9. The van der Waals surface area contributed by atoms with E-state index in [0.29, 0.717) is 12.2 Å². The predicted octanol–water partition coefficient (Wildman–Crippen LogP) is 4.41. The topological polar surface area (TPSA) is 58.0 Å². The fourth-order valence-electron chi connectivity index (χ4n) is 2.70. The molecule has 0 bridgehead atoms. The molecule has 0 aliphatic carbocycles. The van der Waals surface area contributed by atoms with Crippen LogP contribution in [0.2, 0.25) is 0 Å². The molecule has 0 aromatic heterocycles. The highest BCUT2D eigenvalue weighted by atomic mass is 19.1. The molecule has 1 aliphatic rings. The number of ether oxygens (including phenoxy) is 1. The number of hydrogen-bond acceptors (Lipinski definition) is 2. The first kappa shape index (κ1) is 13.5. The van der Waals surface area contributed by atoms with Crippen LogP contribution in [0.5, 0.6) is 5.75 Å². The van der Waals surface area contributed by atoms with Crippen molar-refractivity contribution in [3.05, 3.63) is 63.8 Å². The Balaban J connectivity index is 2.05. The first-order chi connectivity index (χ1) is 10.2. The molecule has 106 valence electrons. The van der Waals surface area contributed by atoms with Gasteiger partial charge in [0.1, 0.15) is 17.7 Å². The zero-order valence-electron chi connectivity index (χ0n) is 11.6.